The SMILES string of the molecule is CC1(C)C(NC(=O)c2ccc(OCCCCCNc3ccc4c(c3)C(=O)N(C3CCC(=O)NC3=O)C4=O)cc2)C(C)(C)C1Oc1ccc(C#N)c(Cl)c1. The van der Waals surface area contributed by atoms with Crippen LogP contribution in [0.1, 0.15) is 96.4 Å². The zero-order valence-corrected chi connectivity index (χ0v) is 30.8. The number of hydrogen-bond acceptors (Lipinski definition) is 9. The molecule has 0 bridgehead atoms. The normalized spacial score (nSPS) is 21.2. The van der Waals surface area contributed by atoms with Crippen molar-refractivity contribution < 1.29 is 33.4 Å². The third-order valence-corrected chi connectivity index (χ3v) is 10.7. The zero-order valence-electron chi connectivity index (χ0n) is 30.1. The van der Waals surface area contributed by atoms with E-state index in [1.54, 1.807) is 60.7 Å². The molecule has 2 heterocycles. The van der Waals surface area contributed by atoms with Crippen LogP contribution in [0.2, 0.25) is 5.02 Å². The molecule has 3 N–H and O–H groups in total. The van der Waals surface area contributed by atoms with E-state index in [1.807, 2.05) is 0 Å². The van der Waals surface area contributed by atoms with Crippen molar-refractivity contribution in [2.75, 3.05) is 18.5 Å². The molecule has 3 aromatic rings. The van der Waals surface area contributed by atoms with Crippen LogP contribution in [0.3, 0.4) is 0 Å². The van der Waals surface area contributed by atoms with E-state index in [0.717, 1.165) is 24.2 Å². The minimum Gasteiger partial charge on any atom is -0.494 e. The summed E-state index contributed by atoms with van der Waals surface area (Å²) in [6, 6.07) is 17.9. The Hall–Kier alpha value is -5.41. The first-order valence-electron chi connectivity index (χ1n) is 17.7. The van der Waals surface area contributed by atoms with Gasteiger partial charge in [-0.3, -0.25) is 34.2 Å². The molecule has 0 spiro atoms. The summed E-state index contributed by atoms with van der Waals surface area (Å²) in [6.07, 6.45) is 2.52. The fourth-order valence-electron chi connectivity index (χ4n) is 7.92. The van der Waals surface area contributed by atoms with Gasteiger partial charge in [0.25, 0.3) is 17.7 Å². The van der Waals surface area contributed by atoms with Crippen LogP contribution in [0.25, 0.3) is 0 Å². The predicted molar refractivity (Wildman–Crippen MR) is 197 cm³/mol. The molecular formula is C40H42ClN5O7. The van der Waals surface area contributed by atoms with E-state index < -0.39 is 29.7 Å². The lowest BCUT2D eigenvalue weighted by Crippen LogP contribution is -2.74. The van der Waals surface area contributed by atoms with Crippen molar-refractivity contribution in [3.05, 3.63) is 87.9 Å². The molecule has 276 valence electrons. The maximum Gasteiger partial charge on any atom is 0.262 e. The molecule has 5 amide bonds. The lowest BCUT2D eigenvalue weighted by atomic mass is 9.49. The first-order chi connectivity index (χ1) is 25.2. The largest absolute Gasteiger partial charge is 0.494 e. The third-order valence-electron chi connectivity index (χ3n) is 10.4. The highest BCUT2D eigenvalue weighted by atomic mass is 35.5. The van der Waals surface area contributed by atoms with Crippen molar-refractivity contribution in [2.45, 2.75) is 78.0 Å². The number of hydrogen-bond donors (Lipinski definition) is 3. The summed E-state index contributed by atoms with van der Waals surface area (Å²) in [7, 11) is 0. The van der Waals surface area contributed by atoms with Gasteiger partial charge < -0.3 is 20.1 Å². The summed E-state index contributed by atoms with van der Waals surface area (Å²) in [6.45, 7) is 9.39. The molecular weight excluding hydrogens is 698 g/mol. The number of carbonyl (C=O) groups is 5. The number of nitriles is 1. The molecule has 3 aromatic carbocycles. The number of ether oxygens (including phenoxy) is 2. The molecule has 1 unspecified atom stereocenters. The number of rotatable bonds is 13. The van der Waals surface area contributed by atoms with E-state index in [9.17, 15) is 24.0 Å². The Bertz CT molecular complexity index is 1990. The molecule has 3 aliphatic rings. The van der Waals surface area contributed by atoms with Crippen LogP contribution in [0.5, 0.6) is 11.5 Å². The highest BCUT2D eigenvalue weighted by molar-refractivity contribution is 6.31. The Balaban J connectivity index is 0.911. The maximum atomic E-state index is 13.3. The predicted octanol–water partition coefficient (Wildman–Crippen LogP) is 5.89. The summed E-state index contributed by atoms with van der Waals surface area (Å²) in [5.74, 6) is -1.04. The first kappa shape index (κ1) is 37.4. The minimum atomic E-state index is -0.993. The number of nitrogens with zero attached hydrogens (tertiary/aromatic N) is 2. The van der Waals surface area contributed by atoms with Crippen molar-refractivity contribution in [3.8, 4) is 17.6 Å². The average molecular weight is 740 g/mol. The molecule has 1 saturated heterocycles. The summed E-state index contributed by atoms with van der Waals surface area (Å²) in [5.41, 5.74) is 1.34. The third kappa shape index (κ3) is 7.44. The van der Waals surface area contributed by atoms with Gasteiger partial charge in [0.1, 0.15) is 29.7 Å². The highest BCUT2D eigenvalue weighted by Gasteiger charge is 2.64. The van der Waals surface area contributed by atoms with Gasteiger partial charge in [-0.25, -0.2) is 0 Å². The topological polar surface area (TPSA) is 167 Å². The van der Waals surface area contributed by atoms with Crippen LogP contribution in [0.15, 0.2) is 60.7 Å². The maximum absolute atomic E-state index is 13.3. The van der Waals surface area contributed by atoms with E-state index in [-0.39, 0.29) is 52.9 Å². The number of piperidine rings is 1. The Morgan fingerprint density at radius 3 is 2.30 bits per heavy atom. The molecule has 0 radical (unpaired) electrons. The van der Waals surface area contributed by atoms with Crippen molar-refractivity contribution in [3.63, 3.8) is 0 Å². The van der Waals surface area contributed by atoms with Gasteiger partial charge in [-0.2, -0.15) is 5.26 Å². The van der Waals surface area contributed by atoms with E-state index in [2.05, 4.69) is 49.7 Å². The smallest absolute Gasteiger partial charge is 0.262 e. The standard InChI is InChI=1S/C40H42ClN5O7/c1-39(2)37(40(3,4)38(39)53-27-14-10-24(22-42)30(41)21-27)45-33(48)23-8-12-26(13-9-23)52-19-7-5-6-18-43-25-11-15-28-29(20-25)36(51)46(35(28)50)31-16-17-32(47)44-34(31)49/h8-15,20-21,31,37-38,43H,5-7,16-19H2,1-4H3,(H,45,48)(H,44,47,49). The number of amides is 5. The molecule has 1 atom stereocenters. The minimum absolute atomic E-state index is 0.0733. The quantitative estimate of drug-likeness (QED) is 0.143. The van der Waals surface area contributed by atoms with Crippen molar-refractivity contribution in [2.24, 2.45) is 10.8 Å². The second-order valence-corrected chi connectivity index (χ2v) is 15.3. The van der Waals surface area contributed by atoms with E-state index in [4.69, 9.17) is 26.3 Å². The Kier molecular flexibility index (Phi) is 10.5. The van der Waals surface area contributed by atoms with Crippen molar-refractivity contribution >= 4 is 46.8 Å². The van der Waals surface area contributed by atoms with Crippen LogP contribution in [-0.4, -0.2) is 65.8 Å². The summed E-state index contributed by atoms with van der Waals surface area (Å²) in [5, 5.41) is 18.2. The summed E-state index contributed by atoms with van der Waals surface area (Å²) < 4.78 is 12.2. The van der Waals surface area contributed by atoms with Crippen LogP contribution < -0.4 is 25.4 Å². The van der Waals surface area contributed by atoms with Crippen molar-refractivity contribution in [1.29, 1.82) is 5.26 Å². The zero-order chi connectivity index (χ0) is 38.1. The molecule has 1 aliphatic carbocycles. The summed E-state index contributed by atoms with van der Waals surface area (Å²) >= 11 is 6.21. The van der Waals surface area contributed by atoms with Gasteiger partial charge in [-0.1, -0.05) is 39.3 Å². The molecule has 2 fully saturated rings. The monoisotopic (exact) mass is 739 g/mol. The summed E-state index contributed by atoms with van der Waals surface area (Å²) in [4.78, 5) is 64.0. The lowest BCUT2D eigenvalue weighted by Gasteiger charge is -2.63. The van der Waals surface area contributed by atoms with Gasteiger partial charge in [-0.05, 0) is 80.3 Å². The van der Waals surface area contributed by atoms with Gasteiger partial charge >= 0.3 is 0 Å². The number of imide groups is 2. The number of carbonyl (C=O) groups excluding carboxylic acids is 5. The Morgan fingerprint density at radius 1 is 0.925 bits per heavy atom. The second kappa shape index (κ2) is 14.9. The lowest BCUT2D eigenvalue weighted by molar-refractivity contribution is -0.164. The van der Waals surface area contributed by atoms with Crippen LogP contribution in [0.4, 0.5) is 5.69 Å². The van der Waals surface area contributed by atoms with Gasteiger partial charge in [0.15, 0.2) is 0 Å². The molecule has 2 aliphatic heterocycles. The molecule has 12 nitrogen and oxygen atoms in total. The molecule has 53 heavy (non-hydrogen) atoms. The van der Waals surface area contributed by atoms with Gasteiger partial charge in [0.2, 0.25) is 11.8 Å². The number of anilines is 1. The first-order valence-corrected chi connectivity index (χ1v) is 18.1. The van der Waals surface area contributed by atoms with Gasteiger partial charge in [0, 0.05) is 47.2 Å². The van der Waals surface area contributed by atoms with Gasteiger partial charge in [0.05, 0.1) is 28.3 Å². The van der Waals surface area contributed by atoms with Crippen molar-refractivity contribution in [1.82, 2.24) is 15.5 Å². The number of halogens is 1. The Labute approximate surface area is 313 Å². The molecule has 6 rings (SSSR count). The number of nitrogens with one attached hydrogen (secondary N) is 3. The number of fused-ring (bicyclic) bond motifs is 1. The second-order valence-electron chi connectivity index (χ2n) is 14.9. The fourth-order valence-corrected chi connectivity index (χ4v) is 8.13. The van der Waals surface area contributed by atoms with Crippen LogP contribution in [-0.2, 0) is 9.59 Å². The average Bonchev–Trinajstić information content (AvgIpc) is 3.37. The molecule has 13 heteroatoms. The molecule has 0 aromatic heterocycles. The van der Waals surface area contributed by atoms with Gasteiger partial charge in [-0.15, -0.1) is 0 Å². The Morgan fingerprint density at radius 2 is 1.62 bits per heavy atom. The number of unbranched alkanes of at least 4 members (excludes halogenated alkanes) is 2. The van der Waals surface area contributed by atoms with E-state index in [0.29, 0.717) is 46.5 Å². The number of benzene rings is 3. The fraction of sp³-hybridized carbons (Fsp3) is 0.400. The van der Waals surface area contributed by atoms with E-state index >= 15 is 0 Å². The van der Waals surface area contributed by atoms with Crippen LogP contribution in [0, 0.1) is 22.2 Å². The van der Waals surface area contributed by atoms with Crippen LogP contribution >= 0.6 is 11.6 Å². The van der Waals surface area contributed by atoms with E-state index in [1.165, 1.54) is 0 Å². The molecule has 1 saturated carbocycles. The highest BCUT2D eigenvalue weighted by Crippen LogP contribution is 2.55.